The van der Waals surface area contributed by atoms with Crippen molar-refractivity contribution in [1.29, 1.82) is 0 Å². The third-order valence-electron chi connectivity index (χ3n) is 2.35. The average molecular weight is 252 g/mol. The highest BCUT2D eigenvalue weighted by Crippen LogP contribution is 2.00. The van der Waals surface area contributed by atoms with E-state index < -0.39 is 0 Å². The maximum atomic E-state index is 3.71. The molecule has 0 rings (SSSR count). The maximum absolute atomic E-state index is 3.71. The van der Waals surface area contributed by atoms with E-state index in [4.69, 9.17) is 0 Å². The highest BCUT2D eigenvalue weighted by Gasteiger charge is 1.80. The van der Waals surface area contributed by atoms with Crippen LogP contribution in [0, 0.1) is 23.7 Å². The molecule has 0 heteroatoms. The summed E-state index contributed by atoms with van der Waals surface area (Å²) in [5.74, 6) is 11.6. The largest absolute Gasteiger partial charge is 0.103 e. The number of allylic oxidation sites excluding steroid dienone is 7. The zero-order valence-corrected chi connectivity index (χ0v) is 12.0. The van der Waals surface area contributed by atoms with Crippen molar-refractivity contribution in [2.75, 3.05) is 0 Å². The van der Waals surface area contributed by atoms with E-state index in [1.54, 1.807) is 0 Å². The highest BCUT2D eigenvalue weighted by atomic mass is 13.9. The molecule has 100 valence electrons. The lowest BCUT2D eigenvalue weighted by Crippen LogP contribution is -1.70. The maximum Gasteiger partial charge on any atom is 0.0133 e. The molecule has 0 amide bonds. The average Bonchev–Trinajstić information content (AvgIpc) is 2.43. The van der Waals surface area contributed by atoms with Gasteiger partial charge in [-0.2, -0.15) is 0 Å². The first-order valence-electron chi connectivity index (χ1n) is 6.94. The molecule has 0 aromatic heterocycles. The lowest BCUT2D eigenvalue weighted by Gasteiger charge is -1.90. The molecule has 0 aliphatic rings. The summed E-state index contributed by atoms with van der Waals surface area (Å²) >= 11 is 0. The van der Waals surface area contributed by atoms with Gasteiger partial charge in [0.15, 0.2) is 0 Å². The second kappa shape index (κ2) is 16.1. The Morgan fingerprint density at radius 2 is 1.79 bits per heavy atom. The van der Waals surface area contributed by atoms with Crippen LogP contribution in [0.25, 0.3) is 0 Å². The summed E-state index contributed by atoms with van der Waals surface area (Å²) in [4.78, 5) is 0. The summed E-state index contributed by atoms with van der Waals surface area (Å²) in [6.07, 6.45) is 20.7. The number of rotatable bonds is 8. The van der Waals surface area contributed by atoms with Gasteiger partial charge in [-0.1, -0.05) is 48.3 Å². The summed E-state index contributed by atoms with van der Waals surface area (Å²) < 4.78 is 0. The predicted octanol–water partition coefficient (Wildman–Crippen LogP) is 5.21. The Labute approximate surface area is 119 Å². The van der Waals surface area contributed by atoms with Crippen LogP contribution in [0.4, 0.5) is 0 Å². The minimum Gasteiger partial charge on any atom is -0.103 e. The fourth-order valence-electron chi connectivity index (χ4n) is 1.34. The van der Waals surface area contributed by atoms with Crippen molar-refractivity contribution in [3.63, 3.8) is 0 Å². The van der Waals surface area contributed by atoms with Crippen LogP contribution in [0.3, 0.4) is 0 Å². The monoisotopic (exact) mass is 252 g/mol. The Kier molecular flexibility index (Phi) is 14.5. The third kappa shape index (κ3) is 16.1. The number of unbranched alkanes of at least 4 members (excludes halogenated alkanes) is 4. The van der Waals surface area contributed by atoms with E-state index in [1.165, 1.54) is 12.8 Å². The minimum atomic E-state index is 0.882. The molecule has 0 spiro atoms. The third-order valence-corrected chi connectivity index (χ3v) is 2.35. The first-order valence-corrected chi connectivity index (χ1v) is 6.94. The van der Waals surface area contributed by atoms with Crippen molar-refractivity contribution in [2.24, 2.45) is 0 Å². The molecule has 0 atom stereocenters. The molecule has 0 heterocycles. The molecule has 0 fully saturated rings. The summed E-state index contributed by atoms with van der Waals surface area (Å²) in [5.41, 5.74) is 0. The van der Waals surface area contributed by atoms with Gasteiger partial charge in [-0.15, -0.1) is 6.58 Å². The van der Waals surface area contributed by atoms with E-state index >= 15 is 0 Å². The van der Waals surface area contributed by atoms with E-state index in [2.05, 4.69) is 42.4 Å². The van der Waals surface area contributed by atoms with E-state index in [0.717, 1.165) is 25.7 Å². The molecule has 0 aromatic rings. The molecule has 19 heavy (non-hydrogen) atoms. The lowest BCUT2D eigenvalue weighted by atomic mass is 10.2. The number of hydrogen-bond donors (Lipinski definition) is 0. The van der Waals surface area contributed by atoms with Crippen LogP contribution in [0.15, 0.2) is 49.1 Å². The molecule has 0 unspecified atom stereocenters. The quantitative estimate of drug-likeness (QED) is 0.241. The topological polar surface area (TPSA) is 0 Å². The van der Waals surface area contributed by atoms with Crippen LogP contribution in [-0.4, -0.2) is 0 Å². The van der Waals surface area contributed by atoms with Gasteiger partial charge in [-0.05, 0) is 56.9 Å². The van der Waals surface area contributed by atoms with Crippen LogP contribution < -0.4 is 0 Å². The van der Waals surface area contributed by atoms with Gasteiger partial charge >= 0.3 is 0 Å². The van der Waals surface area contributed by atoms with Crippen LogP contribution in [-0.2, 0) is 0 Å². The Morgan fingerprint density at radius 1 is 0.947 bits per heavy atom. The standard InChI is InChI=1S/C19H24/c1-3-5-7-9-11-13-15-17-19-18-16-14-12-10-8-6-4-2/h3-4,6,13,15,17,19H,1,5,7-11H2,2H3/b6-4+,15-13+,19-17+. The zero-order valence-electron chi connectivity index (χ0n) is 12.0. The van der Waals surface area contributed by atoms with E-state index in [9.17, 15) is 0 Å². The second-order valence-electron chi connectivity index (χ2n) is 4.04. The van der Waals surface area contributed by atoms with Crippen molar-refractivity contribution in [1.82, 2.24) is 0 Å². The molecule has 0 aromatic carbocycles. The zero-order chi connectivity index (χ0) is 14.0. The summed E-state index contributed by atoms with van der Waals surface area (Å²) in [7, 11) is 0. The molecule has 0 N–H and O–H groups in total. The van der Waals surface area contributed by atoms with Crippen molar-refractivity contribution in [2.45, 2.75) is 45.4 Å². The van der Waals surface area contributed by atoms with Crippen LogP contribution in [0.2, 0.25) is 0 Å². The Hall–Kier alpha value is -1.92. The van der Waals surface area contributed by atoms with Gasteiger partial charge in [-0.25, -0.2) is 0 Å². The fourth-order valence-corrected chi connectivity index (χ4v) is 1.34. The normalized spacial score (nSPS) is 10.4. The molecule has 0 bridgehead atoms. The van der Waals surface area contributed by atoms with Crippen molar-refractivity contribution < 1.29 is 0 Å². The van der Waals surface area contributed by atoms with E-state index in [-0.39, 0.29) is 0 Å². The smallest absolute Gasteiger partial charge is 0.0133 e. The Balaban J connectivity index is 3.61. The van der Waals surface area contributed by atoms with Gasteiger partial charge in [0, 0.05) is 6.42 Å². The molecule has 0 saturated heterocycles. The van der Waals surface area contributed by atoms with Crippen LogP contribution in [0.5, 0.6) is 0 Å². The van der Waals surface area contributed by atoms with E-state index in [1.807, 2.05) is 37.3 Å². The fraction of sp³-hybridized carbons (Fsp3) is 0.368. The molecular weight excluding hydrogens is 228 g/mol. The van der Waals surface area contributed by atoms with Gasteiger partial charge in [0.25, 0.3) is 0 Å². The Bertz CT molecular complexity index is 410. The van der Waals surface area contributed by atoms with Crippen molar-refractivity contribution in [3.05, 3.63) is 49.1 Å². The van der Waals surface area contributed by atoms with Gasteiger partial charge < -0.3 is 0 Å². The SMILES string of the molecule is C=CCCCC/C=C/C=C/C#CC#CCC/C=C/C. The lowest BCUT2D eigenvalue weighted by molar-refractivity contribution is 0.763. The van der Waals surface area contributed by atoms with Gasteiger partial charge in [-0.3, -0.25) is 0 Å². The summed E-state index contributed by atoms with van der Waals surface area (Å²) in [6.45, 7) is 5.72. The molecule has 0 saturated carbocycles. The Morgan fingerprint density at radius 3 is 2.58 bits per heavy atom. The van der Waals surface area contributed by atoms with Crippen molar-refractivity contribution >= 4 is 0 Å². The molecule has 0 radical (unpaired) electrons. The van der Waals surface area contributed by atoms with Crippen LogP contribution >= 0.6 is 0 Å². The molecule has 0 aliphatic heterocycles. The molecule has 0 nitrogen and oxygen atoms in total. The molecular formula is C19H24. The second-order valence-corrected chi connectivity index (χ2v) is 4.04. The van der Waals surface area contributed by atoms with E-state index in [0.29, 0.717) is 0 Å². The van der Waals surface area contributed by atoms with Gasteiger partial charge in [0.05, 0.1) is 0 Å². The summed E-state index contributed by atoms with van der Waals surface area (Å²) in [5, 5.41) is 0. The van der Waals surface area contributed by atoms with Crippen LogP contribution in [0.1, 0.15) is 45.4 Å². The highest BCUT2D eigenvalue weighted by molar-refractivity contribution is 5.31. The first kappa shape index (κ1) is 17.1. The first-order chi connectivity index (χ1) is 9.41. The minimum absolute atomic E-state index is 0.882. The number of hydrogen-bond acceptors (Lipinski definition) is 0. The summed E-state index contributed by atoms with van der Waals surface area (Å²) in [6, 6.07) is 0. The van der Waals surface area contributed by atoms with Crippen molar-refractivity contribution in [3.8, 4) is 23.7 Å². The molecule has 0 aliphatic carbocycles. The van der Waals surface area contributed by atoms with Gasteiger partial charge in [0.1, 0.15) is 0 Å². The van der Waals surface area contributed by atoms with Gasteiger partial charge in [0.2, 0.25) is 0 Å². The predicted molar refractivity (Wildman–Crippen MR) is 86.5 cm³/mol.